The summed E-state index contributed by atoms with van der Waals surface area (Å²) in [7, 11) is 0. The van der Waals surface area contributed by atoms with Gasteiger partial charge in [-0.25, -0.2) is 4.98 Å². The van der Waals surface area contributed by atoms with Crippen LogP contribution in [0.25, 0.3) is 11.0 Å². The minimum Gasteiger partial charge on any atom is -0.361 e. The van der Waals surface area contributed by atoms with Crippen molar-refractivity contribution in [1.29, 1.82) is 0 Å². The zero-order chi connectivity index (χ0) is 17.3. The normalized spacial score (nSPS) is 11.8. The van der Waals surface area contributed by atoms with E-state index in [0.717, 1.165) is 12.5 Å². The Bertz CT molecular complexity index is 884. The molecule has 3 heterocycles. The van der Waals surface area contributed by atoms with Crippen LogP contribution in [0.15, 0.2) is 22.7 Å². The highest BCUT2D eigenvalue weighted by atomic mass is 19.4. The summed E-state index contributed by atoms with van der Waals surface area (Å²) in [6, 6.07) is 3.52. The zero-order valence-electron chi connectivity index (χ0n) is 12.4. The fourth-order valence-electron chi connectivity index (χ4n) is 2.11. The van der Waals surface area contributed by atoms with E-state index in [4.69, 9.17) is 4.52 Å². The average Bonchev–Trinajstić information content (AvgIpc) is 3.14. The molecule has 0 fully saturated rings. The first kappa shape index (κ1) is 16.0. The van der Waals surface area contributed by atoms with Crippen LogP contribution in [0, 0.1) is 0 Å². The van der Waals surface area contributed by atoms with E-state index in [1.54, 1.807) is 0 Å². The molecule has 0 spiro atoms. The molecule has 0 unspecified atom stereocenters. The third-order valence-corrected chi connectivity index (χ3v) is 3.23. The smallest absolute Gasteiger partial charge is 0.361 e. The van der Waals surface area contributed by atoms with Gasteiger partial charge in [0, 0.05) is 12.5 Å². The fourth-order valence-corrected chi connectivity index (χ4v) is 2.11. The molecule has 3 aromatic heterocycles. The van der Waals surface area contributed by atoms with E-state index in [1.807, 2.05) is 6.92 Å². The van der Waals surface area contributed by atoms with Gasteiger partial charge in [0.2, 0.25) is 0 Å². The highest BCUT2D eigenvalue weighted by Gasteiger charge is 2.33. The summed E-state index contributed by atoms with van der Waals surface area (Å²) in [4.78, 5) is 15.6. The Hall–Kier alpha value is -2.91. The van der Waals surface area contributed by atoms with Gasteiger partial charge in [0.15, 0.2) is 17.2 Å². The van der Waals surface area contributed by atoms with Gasteiger partial charge in [-0.05, 0) is 18.6 Å². The molecule has 7 nitrogen and oxygen atoms in total. The van der Waals surface area contributed by atoms with Crippen LogP contribution in [-0.2, 0) is 12.6 Å². The van der Waals surface area contributed by atoms with Crippen molar-refractivity contribution in [3.8, 4) is 0 Å². The van der Waals surface area contributed by atoms with Gasteiger partial charge in [-0.3, -0.25) is 9.89 Å². The summed E-state index contributed by atoms with van der Waals surface area (Å²) in [5.41, 5.74) is -1.06. The second kappa shape index (κ2) is 5.95. The van der Waals surface area contributed by atoms with E-state index >= 15 is 0 Å². The number of fused-ring (bicyclic) bond motifs is 1. The molecule has 1 amide bonds. The first-order valence-corrected chi connectivity index (χ1v) is 7.07. The van der Waals surface area contributed by atoms with Crippen LogP contribution in [-0.4, -0.2) is 26.2 Å². The van der Waals surface area contributed by atoms with Crippen molar-refractivity contribution in [3.05, 3.63) is 35.3 Å². The molecular weight excluding hydrogens is 327 g/mol. The number of carbonyl (C=O) groups is 1. The first-order valence-electron chi connectivity index (χ1n) is 7.07. The number of aromatic nitrogens is 4. The summed E-state index contributed by atoms with van der Waals surface area (Å²) in [5.74, 6) is 0.0664. The number of aromatic amines is 1. The summed E-state index contributed by atoms with van der Waals surface area (Å²) < 4.78 is 42.9. The number of aryl methyl sites for hydroxylation is 1. The molecule has 0 aliphatic heterocycles. The van der Waals surface area contributed by atoms with Gasteiger partial charge in [0.25, 0.3) is 5.91 Å². The Morgan fingerprint density at radius 1 is 1.38 bits per heavy atom. The lowest BCUT2D eigenvalue weighted by atomic mass is 10.2. The Kier molecular flexibility index (Phi) is 3.96. The minimum atomic E-state index is -4.56. The topological polar surface area (TPSA) is 96.7 Å². The van der Waals surface area contributed by atoms with Gasteiger partial charge in [0.1, 0.15) is 11.5 Å². The highest BCUT2D eigenvalue weighted by Crippen LogP contribution is 2.30. The van der Waals surface area contributed by atoms with Crippen molar-refractivity contribution in [2.24, 2.45) is 0 Å². The maximum absolute atomic E-state index is 12.6. The molecule has 0 atom stereocenters. The molecule has 3 rings (SSSR count). The molecular formula is C14H12F3N5O2. The number of halogens is 3. The largest absolute Gasteiger partial charge is 0.433 e. The van der Waals surface area contributed by atoms with E-state index in [9.17, 15) is 18.0 Å². The van der Waals surface area contributed by atoms with Crippen LogP contribution in [0.4, 0.5) is 19.0 Å². The van der Waals surface area contributed by atoms with Gasteiger partial charge in [0.05, 0.1) is 5.39 Å². The van der Waals surface area contributed by atoms with Crippen LogP contribution in [0.3, 0.4) is 0 Å². The van der Waals surface area contributed by atoms with Crippen LogP contribution < -0.4 is 5.32 Å². The number of rotatable bonds is 4. The average molecular weight is 339 g/mol. The number of anilines is 1. The molecule has 0 bridgehead atoms. The molecule has 126 valence electrons. The predicted molar refractivity (Wildman–Crippen MR) is 77.3 cm³/mol. The van der Waals surface area contributed by atoms with Crippen LogP contribution in [0.2, 0.25) is 0 Å². The Morgan fingerprint density at radius 2 is 2.17 bits per heavy atom. The third kappa shape index (κ3) is 3.07. The second-order valence-corrected chi connectivity index (χ2v) is 5.05. The van der Waals surface area contributed by atoms with Gasteiger partial charge in [-0.1, -0.05) is 12.1 Å². The summed E-state index contributed by atoms with van der Waals surface area (Å²) >= 11 is 0. The lowest BCUT2D eigenvalue weighted by Gasteiger charge is -2.04. The van der Waals surface area contributed by atoms with Gasteiger partial charge >= 0.3 is 6.18 Å². The Balaban J connectivity index is 1.83. The number of H-pyrrole nitrogens is 1. The molecule has 2 N–H and O–H groups in total. The van der Waals surface area contributed by atoms with Crippen molar-refractivity contribution in [3.63, 3.8) is 0 Å². The number of amides is 1. The van der Waals surface area contributed by atoms with E-state index in [-0.39, 0.29) is 22.5 Å². The lowest BCUT2D eigenvalue weighted by Crippen LogP contribution is -2.12. The second-order valence-electron chi connectivity index (χ2n) is 5.05. The quantitative estimate of drug-likeness (QED) is 0.761. The maximum Gasteiger partial charge on any atom is 0.433 e. The van der Waals surface area contributed by atoms with Crippen LogP contribution >= 0.6 is 0 Å². The molecule has 0 aliphatic carbocycles. The Morgan fingerprint density at radius 3 is 2.88 bits per heavy atom. The number of carbonyl (C=O) groups excluding carboxylic acids is 1. The molecule has 10 heteroatoms. The summed E-state index contributed by atoms with van der Waals surface area (Å²) in [5, 5.41) is 12.5. The summed E-state index contributed by atoms with van der Waals surface area (Å²) in [6.07, 6.45) is -3.07. The maximum atomic E-state index is 12.6. The van der Waals surface area contributed by atoms with Crippen LogP contribution in [0.5, 0.6) is 0 Å². The Labute approximate surface area is 133 Å². The number of alkyl halides is 3. The molecule has 24 heavy (non-hydrogen) atoms. The van der Waals surface area contributed by atoms with Crippen molar-refractivity contribution in [2.75, 3.05) is 5.32 Å². The lowest BCUT2D eigenvalue weighted by molar-refractivity contribution is -0.141. The molecule has 3 aromatic rings. The van der Waals surface area contributed by atoms with Crippen LogP contribution in [0.1, 0.15) is 35.3 Å². The van der Waals surface area contributed by atoms with E-state index in [0.29, 0.717) is 12.2 Å². The van der Waals surface area contributed by atoms with Gasteiger partial charge in [-0.15, -0.1) is 0 Å². The molecule has 0 radical (unpaired) electrons. The SMILES string of the molecule is CCCc1cc(C(=O)Nc2n[nH]c3nc(C(F)(F)F)ccc23)no1. The number of pyridine rings is 1. The number of nitrogens with one attached hydrogen (secondary N) is 2. The van der Waals surface area contributed by atoms with Crippen molar-refractivity contribution < 1.29 is 22.5 Å². The van der Waals surface area contributed by atoms with E-state index in [2.05, 4.69) is 25.7 Å². The highest BCUT2D eigenvalue weighted by molar-refractivity contribution is 6.06. The molecule has 0 saturated heterocycles. The standard InChI is InChI=1S/C14H12F3N5O2/c1-2-3-7-6-9(22-24-7)13(23)19-12-8-4-5-10(14(15,16)17)18-11(8)20-21-12/h4-6H,2-3H2,1H3,(H2,18,19,20,21,23). The summed E-state index contributed by atoms with van der Waals surface area (Å²) in [6.45, 7) is 1.96. The monoisotopic (exact) mass is 339 g/mol. The van der Waals surface area contributed by atoms with Crippen molar-refractivity contribution in [1.82, 2.24) is 20.3 Å². The number of hydrogen-bond acceptors (Lipinski definition) is 5. The molecule has 0 aromatic carbocycles. The van der Waals surface area contributed by atoms with E-state index in [1.165, 1.54) is 12.1 Å². The van der Waals surface area contributed by atoms with Crippen molar-refractivity contribution >= 4 is 22.8 Å². The van der Waals surface area contributed by atoms with Crippen molar-refractivity contribution in [2.45, 2.75) is 25.9 Å². The zero-order valence-corrected chi connectivity index (χ0v) is 12.4. The van der Waals surface area contributed by atoms with E-state index < -0.39 is 17.8 Å². The predicted octanol–water partition coefficient (Wildman–Crippen LogP) is 3.17. The van der Waals surface area contributed by atoms with Gasteiger partial charge < -0.3 is 9.84 Å². The third-order valence-electron chi connectivity index (χ3n) is 3.23. The molecule has 0 aliphatic rings. The minimum absolute atomic E-state index is 0.0643. The number of hydrogen-bond donors (Lipinski definition) is 2. The first-order chi connectivity index (χ1) is 11.4. The fraction of sp³-hybridized carbons (Fsp3) is 0.286. The van der Waals surface area contributed by atoms with Gasteiger partial charge in [-0.2, -0.15) is 18.3 Å². The number of nitrogens with zero attached hydrogens (tertiary/aromatic N) is 3. The molecule has 0 saturated carbocycles.